The molecule has 1 atom stereocenters. The zero-order chi connectivity index (χ0) is 28.3. The minimum atomic E-state index is -4.55. The van der Waals surface area contributed by atoms with Crippen LogP contribution in [0.2, 0.25) is 0 Å². The number of hydrogen-bond acceptors (Lipinski definition) is 6. The average molecular weight is 552 g/mol. The van der Waals surface area contributed by atoms with Gasteiger partial charge in [0, 0.05) is 19.6 Å². The van der Waals surface area contributed by atoms with Crippen LogP contribution in [0.5, 0.6) is 0 Å². The van der Waals surface area contributed by atoms with Gasteiger partial charge in [-0.05, 0) is 90.3 Å². The molecule has 10 heteroatoms. The summed E-state index contributed by atoms with van der Waals surface area (Å²) in [7, 11) is 1.66. The number of halogens is 3. The molecule has 1 heterocycles. The van der Waals surface area contributed by atoms with E-state index in [-0.39, 0.29) is 18.2 Å². The summed E-state index contributed by atoms with van der Waals surface area (Å²) in [5.74, 6) is 1.03. The Morgan fingerprint density at radius 2 is 1.93 bits per heavy atom. The predicted octanol–water partition coefficient (Wildman–Crippen LogP) is 5.96. The molecule has 0 bridgehead atoms. The number of fused-ring (bicyclic) bond motifs is 1. The van der Waals surface area contributed by atoms with E-state index in [4.69, 9.17) is 0 Å². The van der Waals surface area contributed by atoms with Crippen molar-refractivity contribution in [2.75, 3.05) is 24.5 Å². The van der Waals surface area contributed by atoms with Gasteiger partial charge in [0.05, 0.1) is 30.3 Å². The van der Waals surface area contributed by atoms with Crippen LogP contribution in [0.3, 0.4) is 0 Å². The van der Waals surface area contributed by atoms with Gasteiger partial charge in [0.25, 0.3) is 5.95 Å². The second-order valence-corrected chi connectivity index (χ2v) is 11.1. The smallest absolute Gasteiger partial charge is 0.330 e. The molecular weight excluding hydrogens is 515 g/mol. The third-order valence-corrected chi connectivity index (χ3v) is 8.21. The minimum Gasteiger partial charge on any atom is -0.330 e. The van der Waals surface area contributed by atoms with E-state index in [9.17, 15) is 18.4 Å². The molecule has 7 nitrogen and oxygen atoms in total. The lowest BCUT2D eigenvalue weighted by molar-refractivity contribution is -0.137. The van der Waals surface area contributed by atoms with Gasteiger partial charge in [0.1, 0.15) is 0 Å². The largest absolute Gasteiger partial charge is 0.416 e. The second-order valence-electron chi connectivity index (χ2n) is 11.1. The Morgan fingerprint density at radius 3 is 2.60 bits per heavy atom. The molecule has 212 valence electrons. The third kappa shape index (κ3) is 6.47. The van der Waals surface area contributed by atoms with E-state index < -0.39 is 11.7 Å². The molecule has 0 amide bonds. The molecule has 1 unspecified atom stereocenters. The second kappa shape index (κ2) is 12.0. The molecule has 40 heavy (non-hydrogen) atoms. The van der Waals surface area contributed by atoms with Gasteiger partial charge in [-0.15, -0.1) is 5.10 Å². The van der Waals surface area contributed by atoms with Gasteiger partial charge in [-0.2, -0.15) is 23.2 Å². The van der Waals surface area contributed by atoms with E-state index in [0.29, 0.717) is 24.0 Å². The molecule has 3 aliphatic rings. The molecule has 0 aliphatic heterocycles. The zero-order valence-corrected chi connectivity index (χ0v) is 23.2. The van der Waals surface area contributed by atoms with Crippen LogP contribution in [0.15, 0.2) is 53.1 Å². The van der Waals surface area contributed by atoms with E-state index in [1.54, 1.807) is 7.05 Å². The van der Waals surface area contributed by atoms with Gasteiger partial charge in [-0.3, -0.25) is 4.90 Å². The Balaban J connectivity index is 1.49. The van der Waals surface area contributed by atoms with Gasteiger partial charge in [-0.1, -0.05) is 43.1 Å². The van der Waals surface area contributed by atoms with Gasteiger partial charge >= 0.3 is 6.18 Å². The van der Waals surface area contributed by atoms with E-state index >= 15 is 0 Å². The fraction of sp³-hybridized carbons (Fsp3) is 0.533. The topological polar surface area (TPSA) is 73.9 Å². The lowest BCUT2D eigenvalue weighted by Gasteiger charge is -2.38. The first-order chi connectivity index (χ1) is 19.2. The average Bonchev–Trinajstić information content (AvgIpc) is 3.62. The maximum Gasteiger partial charge on any atom is 0.416 e. The van der Waals surface area contributed by atoms with Crippen molar-refractivity contribution in [1.29, 1.82) is 5.26 Å². The SMILES string of the molecule is CCN(CC1CCCC1)C1C=C2CCCC=C2C=C1CN(Cc1cc(C#N)cc(C(F)(F)F)c1)c1nnn(C)n1. The van der Waals surface area contributed by atoms with Crippen LogP contribution in [0, 0.1) is 17.2 Å². The number of nitrogens with zero attached hydrogens (tertiary/aromatic N) is 7. The fourth-order valence-corrected chi connectivity index (χ4v) is 6.23. The van der Waals surface area contributed by atoms with E-state index in [2.05, 4.69) is 45.5 Å². The molecule has 3 aliphatic carbocycles. The summed E-state index contributed by atoms with van der Waals surface area (Å²) < 4.78 is 40.9. The van der Waals surface area contributed by atoms with Crippen LogP contribution in [-0.4, -0.2) is 50.8 Å². The Labute approximate surface area is 233 Å². The number of anilines is 1. The molecule has 0 saturated heterocycles. The summed E-state index contributed by atoms with van der Waals surface area (Å²) in [5, 5.41) is 22.0. The molecule has 0 N–H and O–H groups in total. The van der Waals surface area contributed by atoms with Crippen LogP contribution in [-0.2, 0) is 19.8 Å². The maximum atomic E-state index is 13.6. The number of benzene rings is 1. The molecule has 0 spiro atoms. The van der Waals surface area contributed by atoms with Crippen molar-refractivity contribution in [3.8, 4) is 6.07 Å². The van der Waals surface area contributed by atoms with Gasteiger partial charge in [-0.25, -0.2) is 0 Å². The summed E-state index contributed by atoms with van der Waals surface area (Å²) in [5.41, 5.74) is 3.30. The molecule has 5 rings (SSSR count). The summed E-state index contributed by atoms with van der Waals surface area (Å²) >= 11 is 0. The first-order valence-corrected chi connectivity index (χ1v) is 14.2. The standard InChI is InChI=1S/C30H36F3N7/c1-3-39(18-21-8-4-5-9-21)28-16-25-11-7-6-10-24(25)15-26(28)20-40(29-35-37-38(2)36-29)19-23-12-22(17-34)13-27(14-23)30(31,32)33/h10,12-16,21,28H,3-9,11,18-20H2,1-2H3. The third-order valence-electron chi connectivity index (χ3n) is 8.21. The molecular formula is C30H36F3N7. The Morgan fingerprint density at radius 1 is 1.12 bits per heavy atom. The number of allylic oxidation sites excluding steroid dienone is 4. The van der Waals surface area contributed by atoms with Crippen molar-refractivity contribution in [3.05, 3.63) is 69.8 Å². The lowest BCUT2D eigenvalue weighted by atomic mass is 9.83. The number of hydrogen-bond donors (Lipinski definition) is 0. The summed E-state index contributed by atoms with van der Waals surface area (Å²) in [4.78, 5) is 5.76. The summed E-state index contributed by atoms with van der Waals surface area (Å²) in [6.07, 6.45) is 10.8. The number of aromatic nitrogens is 4. The quantitative estimate of drug-likeness (QED) is 0.383. The van der Waals surface area contributed by atoms with Gasteiger partial charge < -0.3 is 4.90 Å². The molecule has 0 radical (unpaired) electrons. The highest BCUT2D eigenvalue weighted by Crippen LogP contribution is 2.36. The van der Waals surface area contributed by atoms with Crippen molar-refractivity contribution < 1.29 is 13.2 Å². The number of nitriles is 1. The van der Waals surface area contributed by atoms with Crippen molar-refractivity contribution in [1.82, 2.24) is 25.1 Å². The van der Waals surface area contributed by atoms with E-state index in [1.807, 2.05) is 11.0 Å². The van der Waals surface area contributed by atoms with E-state index in [0.717, 1.165) is 50.1 Å². The first-order valence-electron chi connectivity index (χ1n) is 14.2. The highest BCUT2D eigenvalue weighted by molar-refractivity contribution is 5.52. The minimum absolute atomic E-state index is 0.0275. The number of aryl methyl sites for hydroxylation is 1. The maximum absolute atomic E-state index is 13.6. The Kier molecular flexibility index (Phi) is 8.40. The molecule has 1 aromatic carbocycles. The highest BCUT2D eigenvalue weighted by Gasteiger charge is 2.33. The van der Waals surface area contributed by atoms with Crippen LogP contribution in [0.25, 0.3) is 0 Å². The molecule has 1 aromatic heterocycles. The van der Waals surface area contributed by atoms with Crippen LogP contribution in [0.1, 0.15) is 68.6 Å². The van der Waals surface area contributed by atoms with Crippen molar-refractivity contribution in [3.63, 3.8) is 0 Å². The Hall–Kier alpha value is -3.45. The summed E-state index contributed by atoms with van der Waals surface area (Å²) in [6, 6.07) is 5.46. The van der Waals surface area contributed by atoms with Crippen molar-refractivity contribution in [2.45, 2.75) is 70.6 Å². The fourth-order valence-electron chi connectivity index (χ4n) is 6.23. The van der Waals surface area contributed by atoms with Crippen LogP contribution < -0.4 is 4.90 Å². The van der Waals surface area contributed by atoms with Crippen molar-refractivity contribution in [2.24, 2.45) is 13.0 Å². The zero-order valence-electron chi connectivity index (χ0n) is 23.2. The predicted molar refractivity (Wildman–Crippen MR) is 147 cm³/mol. The summed E-state index contributed by atoms with van der Waals surface area (Å²) in [6.45, 7) is 4.68. The number of likely N-dealkylation sites (N-methyl/N-ethyl adjacent to an activating group) is 1. The van der Waals surface area contributed by atoms with Crippen LogP contribution in [0.4, 0.5) is 19.1 Å². The Bertz CT molecular complexity index is 1340. The molecule has 1 saturated carbocycles. The van der Waals surface area contributed by atoms with Crippen molar-refractivity contribution >= 4 is 5.95 Å². The van der Waals surface area contributed by atoms with Crippen LogP contribution >= 0.6 is 0 Å². The lowest BCUT2D eigenvalue weighted by Crippen LogP contribution is -2.43. The first kappa shape index (κ1) is 28.1. The monoisotopic (exact) mass is 551 g/mol. The number of rotatable bonds is 9. The van der Waals surface area contributed by atoms with Gasteiger partial charge in [0.2, 0.25) is 0 Å². The number of tetrazole rings is 1. The molecule has 2 aromatic rings. The normalized spacial score (nSPS) is 19.6. The van der Waals surface area contributed by atoms with Gasteiger partial charge in [0.15, 0.2) is 0 Å². The molecule has 1 fully saturated rings. The highest BCUT2D eigenvalue weighted by atomic mass is 19.4. The number of alkyl halides is 3. The van der Waals surface area contributed by atoms with E-state index in [1.165, 1.54) is 47.7 Å².